The summed E-state index contributed by atoms with van der Waals surface area (Å²) in [6.45, 7) is 2.75. The lowest BCUT2D eigenvalue weighted by Crippen LogP contribution is -2.36. The highest BCUT2D eigenvalue weighted by molar-refractivity contribution is 5.92. The SMILES string of the molecule is Cn1cccc1C(=O)N1Cc2ccnn2C[C@@H](CNc2ccccn2)C1. The van der Waals surface area contributed by atoms with Crippen LogP contribution in [0, 0.1) is 5.92 Å². The molecule has 0 spiro atoms. The number of pyridine rings is 1. The van der Waals surface area contributed by atoms with Crippen LogP contribution >= 0.6 is 0 Å². The van der Waals surface area contributed by atoms with Gasteiger partial charge in [-0.3, -0.25) is 9.48 Å². The third-order valence-corrected chi connectivity index (χ3v) is 4.75. The van der Waals surface area contributed by atoms with Gasteiger partial charge in [0, 0.05) is 51.2 Å². The molecule has 0 aromatic carbocycles. The van der Waals surface area contributed by atoms with E-state index in [9.17, 15) is 4.79 Å². The highest BCUT2D eigenvalue weighted by atomic mass is 16.2. The molecule has 7 heteroatoms. The third-order valence-electron chi connectivity index (χ3n) is 4.75. The zero-order chi connectivity index (χ0) is 17.9. The maximum Gasteiger partial charge on any atom is 0.270 e. The van der Waals surface area contributed by atoms with E-state index in [-0.39, 0.29) is 11.8 Å². The quantitative estimate of drug-likeness (QED) is 0.781. The molecule has 0 bridgehead atoms. The first-order valence-corrected chi connectivity index (χ1v) is 8.77. The molecule has 0 aliphatic carbocycles. The largest absolute Gasteiger partial charge is 0.370 e. The van der Waals surface area contributed by atoms with Gasteiger partial charge in [0.1, 0.15) is 11.5 Å². The van der Waals surface area contributed by atoms with Gasteiger partial charge in [-0.2, -0.15) is 5.10 Å². The lowest BCUT2D eigenvalue weighted by molar-refractivity contribution is 0.0714. The van der Waals surface area contributed by atoms with Crippen molar-refractivity contribution in [2.75, 3.05) is 18.4 Å². The van der Waals surface area contributed by atoms with Gasteiger partial charge in [-0.05, 0) is 30.3 Å². The first-order valence-electron chi connectivity index (χ1n) is 8.77. The number of carbonyl (C=O) groups is 1. The number of nitrogens with zero attached hydrogens (tertiary/aromatic N) is 5. The number of carbonyl (C=O) groups excluding carboxylic acids is 1. The second kappa shape index (κ2) is 7.03. The first-order chi connectivity index (χ1) is 12.7. The van der Waals surface area contributed by atoms with Gasteiger partial charge in [0.2, 0.25) is 0 Å². The predicted molar refractivity (Wildman–Crippen MR) is 98.6 cm³/mol. The van der Waals surface area contributed by atoms with Gasteiger partial charge in [-0.1, -0.05) is 6.07 Å². The Labute approximate surface area is 152 Å². The summed E-state index contributed by atoms with van der Waals surface area (Å²) in [6.07, 6.45) is 5.47. The minimum atomic E-state index is 0.0509. The Balaban J connectivity index is 1.53. The summed E-state index contributed by atoms with van der Waals surface area (Å²) in [4.78, 5) is 19.3. The van der Waals surface area contributed by atoms with E-state index in [0.29, 0.717) is 18.8 Å². The average molecular weight is 350 g/mol. The number of amides is 1. The maximum atomic E-state index is 13.0. The van der Waals surface area contributed by atoms with Crippen LogP contribution in [0.2, 0.25) is 0 Å². The van der Waals surface area contributed by atoms with Crippen LogP contribution in [0.15, 0.2) is 55.0 Å². The Bertz CT molecular complexity index is 884. The summed E-state index contributed by atoms with van der Waals surface area (Å²) in [5, 5.41) is 7.80. The molecule has 3 aromatic rings. The Kier molecular flexibility index (Phi) is 4.43. The number of aryl methyl sites for hydroxylation is 1. The number of fused-ring (bicyclic) bond motifs is 1. The van der Waals surface area contributed by atoms with Crippen LogP contribution in [0.4, 0.5) is 5.82 Å². The molecule has 0 unspecified atom stereocenters. The van der Waals surface area contributed by atoms with Crippen molar-refractivity contribution in [3.05, 3.63) is 66.4 Å². The summed E-state index contributed by atoms with van der Waals surface area (Å²) < 4.78 is 3.87. The van der Waals surface area contributed by atoms with Crippen molar-refractivity contribution in [2.24, 2.45) is 13.0 Å². The molecule has 3 aromatic heterocycles. The molecule has 4 rings (SSSR count). The molecule has 0 radical (unpaired) electrons. The number of hydrogen-bond donors (Lipinski definition) is 1. The molecule has 1 amide bonds. The summed E-state index contributed by atoms with van der Waals surface area (Å²) in [5.74, 6) is 1.13. The van der Waals surface area contributed by atoms with Crippen molar-refractivity contribution in [3.63, 3.8) is 0 Å². The molecular weight excluding hydrogens is 328 g/mol. The van der Waals surface area contributed by atoms with Crippen LogP contribution in [0.3, 0.4) is 0 Å². The van der Waals surface area contributed by atoms with Gasteiger partial charge in [-0.15, -0.1) is 0 Å². The lowest BCUT2D eigenvalue weighted by Gasteiger charge is -2.24. The normalized spacial score (nSPS) is 16.8. The predicted octanol–water partition coefficient (Wildman–Crippen LogP) is 2.00. The Hall–Kier alpha value is -3.09. The zero-order valence-corrected chi connectivity index (χ0v) is 14.7. The minimum absolute atomic E-state index is 0.0509. The fourth-order valence-electron chi connectivity index (χ4n) is 3.38. The average Bonchev–Trinajstić information content (AvgIpc) is 3.24. The first kappa shape index (κ1) is 16.4. The number of anilines is 1. The van der Waals surface area contributed by atoms with E-state index in [1.165, 1.54) is 0 Å². The third kappa shape index (κ3) is 3.33. The molecule has 26 heavy (non-hydrogen) atoms. The van der Waals surface area contributed by atoms with Crippen LogP contribution in [-0.2, 0) is 20.1 Å². The summed E-state index contributed by atoms with van der Waals surface area (Å²) in [7, 11) is 1.90. The monoisotopic (exact) mass is 350 g/mol. The van der Waals surface area contributed by atoms with Crippen LogP contribution in [0.25, 0.3) is 0 Å². The highest BCUT2D eigenvalue weighted by Gasteiger charge is 2.27. The molecule has 4 heterocycles. The second-order valence-electron chi connectivity index (χ2n) is 6.66. The van der Waals surface area contributed by atoms with Gasteiger partial charge in [0.15, 0.2) is 0 Å². The van der Waals surface area contributed by atoms with E-state index in [0.717, 1.165) is 24.6 Å². The Morgan fingerprint density at radius 2 is 2.12 bits per heavy atom. The molecule has 134 valence electrons. The van der Waals surface area contributed by atoms with E-state index >= 15 is 0 Å². The number of nitrogens with one attached hydrogen (secondary N) is 1. The van der Waals surface area contributed by atoms with E-state index in [1.54, 1.807) is 12.4 Å². The number of rotatable bonds is 4. The Morgan fingerprint density at radius 3 is 2.88 bits per heavy atom. The van der Waals surface area contributed by atoms with Crippen LogP contribution in [0.1, 0.15) is 16.2 Å². The van der Waals surface area contributed by atoms with Crippen molar-refractivity contribution in [2.45, 2.75) is 13.1 Å². The van der Waals surface area contributed by atoms with Crippen LogP contribution in [-0.4, -0.2) is 43.2 Å². The summed E-state index contributed by atoms with van der Waals surface area (Å²) >= 11 is 0. The standard InChI is InChI=1S/C19H22N6O/c1-23-10-4-5-17(23)19(26)24-12-15(11-21-18-6-2-3-8-20-18)13-25-16(14-24)7-9-22-25/h2-10,15H,11-14H2,1H3,(H,20,21)/t15-/m0/s1. The topological polar surface area (TPSA) is 68.0 Å². The molecule has 1 atom stereocenters. The van der Waals surface area contributed by atoms with Crippen LogP contribution < -0.4 is 5.32 Å². The van der Waals surface area contributed by atoms with Gasteiger partial charge < -0.3 is 14.8 Å². The molecule has 0 saturated heterocycles. The summed E-state index contributed by atoms with van der Waals surface area (Å²) in [5.41, 5.74) is 1.77. The molecule has 7 nitrogen and oxygen atoms in total. The smallest absolute Gasteiger partial charge is 0.270 e. The number of hydrogen-bond acceptors (Lipinski definition) is 4. The molecule has 0 fully saturated rings. The number of aromatic nitrogens is 4. The molecule has 1 N–H and O–H groups in total. The fourth-order valence-corrected chi connectivity index (χ4v) is 3.38. The van der Waals surface area contributed by atoms with Crippen LogP contribution in [0.5, 0.6) is 0 Å². The van der Waals surface area contributed by atoms with Crippen molar-refractivity contribution >= 4 is 11.7 Å². The molecule has 1 aliphatic heterocycles. The lowest BCUT2D eigenvalue weighted by atomic mass is 10.1. The fraction of sp³-hybridized carbons (Fsp3) is 0.316. The highest BCUT2D eigenvalue weighted by Crippen LogP contribution is 2.19. The van der Waals surface area contributed by atoms with Gasteiger partial charge in [0.05, 0.1) is 12.2 Å². The molecule has 1 aliphatic rings. The van der Waals surface area contributed by atoms with Gasteiger partial charge in [0.25, 0.3) is 5.91 Å². The van der Waals surface area contributed by atoms with Crippen molar-refractivity contribution in [1.29, 1.82) is 0 Å². The van der Waals surface area contributed by atoms with Crippen molar-refractivity contribution in [1.82, 2.24) is 24.2 Å². The van der Waals surface area contributed by atoms with Gasteiger partial charge >= 0.3 is 0 Å². The minimum Gasteiger partial charge on any atom is -0.370 e. The van der Waals surface area contributed by atoms with Crippen molar-refractivity contribution < 1.29 is 4.79 Å². The van der Waals surface area contributed by atoms with Gasteiger partial charge in [-0.25, -0.2) is 4.98 Å². The van der Waals surface area contributed by atoms with E-state index in [2.05, 4.69) is 15.4 Å². The molecule has 0 saturated carbocycles. The van der Waals surface area contributed by atoms with E-state index in [1.807, 2.05) is 63.8 Å². The van der Waals surface area contributed by atoms with E-state index in [4.69, 9.17) is 0 Å². The van der Waals surface area contributed by atoms with E-state index < -0.39 is 0 Å². The molecular formula is C19H22N6O. The second-order valence-corrected chi connectivity index (χ2v) is 6.66. The Morgan fingerprint density at radius 1 is 1.19 bits per heavy atom. The maximum absolute atomic E-state index is 13.0. The summed E-state index contributed by atoms with van der Waals surface area (Å²) in [6, 6.07) is 11.6. The zero-order valence-electron chi connectivity index (χ0n) is 14.7. The van der Waals surface area contributed by atoms with Crippen molar-refractivity contribution in [3.8, 4) is 0 Å².